The molecule has 0 aliphatic rings. The molecule has 2 heteroatoms. The Labute approximate surface area is 89.3 Å². The first-order valence-corrected chi connectivity index (χ1v) is 5.84. The maximum Gasteiger partial charge on any atom is 0.00194 e. The van der Waals surface area contributed by atoms with E-state index in [0.29, 0.717) is 11.3 Å². The van der Waals surface area contributed by atoms with E-state index in [2.05, 4.69) is 52.3 Å². The highest BCUT2D eigenvalue weighted by atomic mass is 32.1. The van der Waals surface area contributed by atoms with Crippen LogP contribution in [-0.2, 0) is 0 Å². The normalized spacial score (nSPS) is 15.0. The first-order valence-electron chi connectivity index (χ1n) is 5.21. The minimum Gasteiger partial charge on any atom is -0.306 e. The number of rotatable bonds is 5. The lowest BCUT2D eigenvalue weighted by molar-refractivity contribution is 0.187. The number of hydrogen-bond acceptors (Lipinski definition) is 2. The van der Waals surface area contributed by atoms with Crippen LogP contribution in [0.25, 0.3) is 0 Å². The monoisotopic (exact) mass is 203 g/mol. The lowest BCUT2D eigenvalue weighted by atomic mass is 9.81. The van der Waals surface area contributed by atoms with Crippen LogP contribution in [0.5, 0.6) is 0 Å². The zero-order valence-corrected chi connectivity index (χ0v) is 10.7. The van der Waals surface area contributed by atoms with Crippen molar-refractivity contribution >= 4 is 12.6 Å². The van der Waals surface area contributed by atoms with E-state index in [-0.39, 0.29) is 0 Å². The summed E-state index contributed by atoms with van der Waals surface area (Å²) in [6.45, 7) is 11.5. The first kappa shape index (κ1) is 13.3. The van der Waals surface area contributed by atoms with Gasteiger partial charge in [-0.15, -0.1) is 0 Å². The standard InChI is InChI=1S/C11H25NS/c1-6-7-12(5)8-10(9-13)11(2,3)4/h10,13H,6-9H2,1-5H3. The molecule has 80 valence electrons. The molecule has 0 rings (SSSR count). The Balaban J connectivity index is 3.98. The van der Waals surface area contributed by atoms with Crippen LogP contribution < -0.4 is 0 Å². The second-order valence-electron chi connectivity index (χ2n) is 5.01. The van der Waals surface area contributed by atoms with E-state index < -0.39 is 0 Å². The van der Waals surface area contributed by atoms with Crippen LogP contribution in [0.3, 0.4) is 0 Å². The molecule has 0 saturated carbocycles. The van der Waals surface area contributed by atoms with Crippen molar-refractivity contribution in [3.05, 3.63) is 0 Å². The Kier molecular flexibility index (Phi) is 6.06. The second kappa shape index (κ2) is 5.92. The Hall–Kier alpha value is 0.310. The lowest BCUT2D eigenvalue weighted by Crippen LogP contribution is -2.34. The molecule has 13 heavy (non-hydrogen) atoms. The average molecular weight is 203 g/mol. The number of thiol groups is 1. The van der Waals surface area contributed by atoms with Crippen LogP contribution in [0.2, 0.25) is 0 Å². The summed E-state index contributed by atoms with van der Waals surface area (Å²) in [6.07, 6.45) is 1.24. The van der Waals surface area contributed by atoms with E-state index in [1.54, 1.807) is 0 Å². The van der Waals surface area contributed by atoms with Crippen LogP contribution in [-0.4, -0.2) is 30.8 Å². The molecule has 0 aromatic heterocycles. The molecule has 0 aromatic carbocycles. The van der Waals surface area contributed by atoms with Crippen molar-refractivity contribution in [1.29, 1.82) is 0 Å². The molecule has 1 nitrogen and oxygen atoms in total. The molecule has 0 bridgehead atoms. The highest BCUT2D eigenvalue weighted by Crippen LogP contribution is 2.27. The molecule has 0 aliphatic heterocycles. The van der Waals surface area contributed by atoms with Crippen LogP contribution >= 0.6 is 12.6 Å². The summed E-state index contributed by atoms with van der Waals surface area (Å²) in [5, 5.41) is 0. The summed E-state index contributed by atoms with van der Waals surface area (Å²) in [6, 6.07) is 0. The van der Waals surface area contributed by atoms with E-state index in [1.165, 1.54) is 19.5 Å². The predicted octanol–water partition coefficient (Wildman–Crippen LogP) is 2.92. The Morgan fingerprint density at radius 1 is 1.31 bits per heavy atom. The summed E-state index contributed by atoms with van der Waals surface area (Å²) < 4.78 is 0. The minimum absolute atomic E-state index is 0.379. The molecule has 1 atom stereocenters. The molecule has 0 amide bonds. The molecule has 0 radical (unpaired) electrons. The fourth-order valence-electron chi connectivity index (χ4n) is 1.45. The van der Waals surface area contributed by atoms with Crippen molar-refractivity contribution in [3.8, 4) is 0 Å². The summed E-state index contributed by atoms with van der Waals surface area (Å²) in [7, 11) is 2.20. The van der Waals surface area contributed by atoms with Crippen molar-refractivity contribution in [3.63, 3.8) is 0 Å². The molecular formula is C11H25NS. The molecule has 0 fully saturated rings. The van der Waals surface area contributed by atoms with Gasteiger partial charge in [0.2, 0.25) is 0 Å². The van der Waals surface area contributed by atoms with Gasteiger partial charge in [0.1, 0.15) is 0 Å². The van der Waals surface area contributed by atoms with E-state index in [4.69, 9.17) is 0 Å². The van der Waals surface area contributed by atoms with Crippen molar-refractivity contribution < 1.29 is 0 Å². The molecule has 0 saturated heterocycles. The predicted molar refractivity (Wildman–Crippen MR) is 64.6 cm³/mol. The van der Waals surface area contributed by atoms with Crippen LogP contribution in [0, 0.1) is 11.3 Å². The van der Waals surface area contributed by atoms with Gasteiger partial charge in [0.25, 0.3) is 0 Å². The Morgan fingerprint density at radius 3 is 2.15 bits per heavy atom. The van der Waals surface area contributed by atoms with Gasteiger partial charge in [-0.2, -0.15) is 12.6 Å². The van der Waals surface area contributed by atoms with Gasteiger partial charge in [0.15, 0.2) is 0 Å². The third-order valence-corrected chi connectivity index (χ3v) is 3.02. The van der Waals surface area contributed by atoms with Crippen molar-refractivity contribution in [1.82, 2.24) is 4.90 Å². The van der Waals surface area contributed by atoms with Gasteiger partial charge in [-0.05, 0) is 37.1 Å². The zero-order chi connectivity index (χ0) is 10.5. The van der Waals surface area contributed by atoms with Crippen molar-refractivity contribution in [2.45, 2.75) is 34.1 Å². The van der Waals surface area contributed by atoms with E-state index in [1.807, 2.05) is 0 Å². The van der Waals surface area contributed by atoms with E-state index >= 15 is 0 Å². The van der Waals surface area contributed by atoms with Crippen LogP contribution in [0.4, 0.5) is 0 Å². The highest BCUT2D eigenvalue weighted by Gasteiger charge is 2.23. The lowest BCUT2D eigenvalue weighted by Gasteiger charge is -2.32. The summed E-state index contributed by atoms with van der Waals surface area (Å²) in [4.78, 5) is 2.41. The van der Waals surface area contributed by atoms with Crippen molar-refractivity contribution in [2.75, 3.05) is 25.9 Å². The second-order valence-corrected chi connectivity index (χ2v) is 5.37. The van der Waals surface area contributed by atoms with Gasteiger partial charge in [-0.3, -0.25) is 0 Å². The van der Waals surface area contributed by atoms with Gasteiger partial charge in [0, 0.05) is 6.54 Å². The van der Waals surface area contributed by atoms with Gasteiger partial charge >= 0.3 is 0 Å². The third-order valence-electron chi connectivity index (χ3n) is 2.58. The van der Waals surface area contributed by atoms with Crippen LogP contribution in [0.1, 0.15) is 34.1 Å². The molecule has 0 aromatic rings. The molecular weight excluding hydrogens is 178 g/mol. The highest BCUT2D eigenvalue weighted by molar-refractivity contribution is 7.80. The number of nitrogens with zero attached hydrogens (tertiary/aromatic N) is 1. The van der Waals surface area contributed by atoms with Gasteiger partial charge < -0.3 is 4.90 Å². The van der Waals surface area contributed by atoms with Crippen LogP contribution in [0.15, 0.2) is 0 Å². The average Bonchev–Trinajstić information content (AvgIpc) is 1.98. The first-order chi connectivity index (χ1) is 5.91. The summed E-state index contributed by atoms with van der Waals surface area (Å²) in [5.74, 6) is 1.67. The molecule has 0 N–H and O–H groups in total. The maximum atomic E-state index is 4.43. The zero-order valence-electron chi connectivity index (χ0n) is 9.80. The minimum atomic E-state index is 0.379. The van der Waals surface area contributed by atoms with Gasteiger partial charge in [0.05, 0.1) is 0 Å². The largest absolute Gasteiger partial charge is 0.306 e. The number of hydrogen-bond donors (Lipinski definition) is 1. The van der Waals surface area contributed by atoms with E-state index in [0.717, 1.165) is 5.75 Å². The SMILES string of the molecule is CCCN(C)CC(CS)C(C)(C)C. The van der Waals surface area contributed by atoms with Gasteiger partial charge in [-0.1, -0.05) is 27.7 Å². The summed E-state index contributed by atoms with van der Waals surface area (Å²) in [5.41, 5.74) is 0.379. The van der Waals surface area contributed by atoms with Gasteiger partial charge in [-0.25, -0.2) is 0 Å². The topological polar surface area (TPSA) is 3.24 Å². The van der Waals surface area contributed by atoms with Crippen molar-refractivity contribution in [2.24, 2.45) is 11.3 Å². The maximum absolute atomic E-state index is 4.43. The molecule has 0 heterocycles. The third kappa shape index (κ3) is 5.58. The fourth-order valence-corrected chi connectivity index (χ4v) is 2.12. The Morgan fingerprint density at radius 2 is 1.85 bits per heavy atom. The van der Waals surface area contributed by atoms with E-state index in [9.17, 15) is 0 Å². The smallest absolute Gasteiger partial charge is 0.00194 e. The molecule has 0 aliphatic carbocycles. The summed E-state index contributed by atoms with van der Waals surface area (Å²) >= 11 is 4.43. The molecule has 0 spiro atoms. The Bertz CT molecular complexity index is 129. The molecule has 1 unspecified atom stereocenters. The quantitative estimate of drug-likeness (QED) is 0.672. The fraction of sp³-hybridized carbons (Fsp3) is 1.00.